The van der Waals surface area contributed by atoms with Crippen molar-refractivity contribution < 1.29 is 18.9 Å². The highest BCUT2D eigenvalue weighted by Gasteiger charge is 2.48. The van der Waals surface area contributed by atoms with Gasteiger partial charge in [-0.05, 0) is 48.7 Å². The van der Waals surface area contributed by atoms with Crippen molar-refractivity contribution in [3.8, 4) is 5.75 Å². The fourth-order valence-corrected chi connectivity index (χ4v) is 5.12. The summed E-state index contributed by atoms with van der Waals surface area (Å²) in [4.78, 5) is 33.6. The lowest BCUT2D eigenvalue weighted by atomic mass is 10.0. The first-order valence-corrected chi connectivity index (χ1v) is 14.8. The largest absolute Gasteiger partial charge is 0.543 e. The molecule has 8 heteroatoms. The molecule has 2 saturated heterocycles. The number of anilines is 1. The van der Waals surface area contributed by atoms with E-state index in [1.807, 2.05) is 54.6 Å². The number of benzene rings is 2. The predicted molar refractivity (Wildman–Crippen MR) is 135 cm³/mol. The third kappa shape index (κ3) is 5.13. The van der Waals surface area contributed by atoms with Crippen molar-refractivity contribution in [2.24, 2.45) is 0 Å². The van der Waals surface area contributed by atoms with Gasteiger partial charge < -0.3 is 14.6 Å². The molecule has 0 aliphatic carbocycles. The standard InChI is InChI=1S/C26H35N3O4Si/c1-26(2,3)34(4,5)33-22-13-9-12-20(16-22)27-24(30)23-15-14-21-17-28(23)25(31)29(21)32-18-19-10-7-6-8-11-19/h6-13,16,21,23H,14-15,17-18H2,1-5H3,(H,27,30)/t21?,23-/m0/s1. The molecular weight excluding hydrogens is 446 g/mol. The van der Waals surface area contributed by atoms with E-state index in [9.17, 15) is 9.59 Å². The summed E-state index contributed by atoms with van der Waals surface area (Å²) >= 11 is 0. The number of amides is 3. The van der Waals surface area contributed by atoms with E-state index >= 15 is 0 Å². The monoisotopic (exact) mass is 481 g/mol. The third-order valence-corrected chi connectivity index (χ3v) is 11.5. The van der Waals surface area contributed by atoms with E-state index < -0.39 is 14.4 Å². The number of hydrogen-bond donors (Lipinski definition) is 1. The molecule has 2 aliphatic heterocycles. The van der Waals surface area contributed by atoms with Crippen LogP contribution in [-0.4, -0.2) is 48.8 Å². The molecule has 2 aliphatic rings. The van der Waals surface area contributed by atoms with E-state index in [1.54, 1.807) is 4.90 Å². The van der Waals surface area contributed by atoms with Gasteiger partial charge in [-0.1, -0.05) is 57.2 Å². The summed E-state index contributed by atoms with van der Waals surface area (Å²) in [5.41, 5.74) is 1.67. The smallest absolute Gasteiger partial charge is 0.345 e. The topological polar surface area (TPSA) is 71.1 Å². The zero-order valence-electron chi connectivity index (χ0n) is 20.7. The Kier molecular flexibility index (Phi) is 6.73. The molecule has 3 amide bonds. The van der Waals surface area contributed by atoms with Crippen LogP contribution in [0, 0.1) is 0 Å². The molecule has 34 heavy (non-hydrogen) atoms. The van der Waals surface area contributed by atoms with Gasteiger partial charge in [-0.15, -0.1) is 0 Å². The molecule has 1 N–H and O–H groups in total. The summed E-state index contributed by atoms with van der Waals surface area (Å²) < 4.78 is 6.38. The fraction of sp³-hybridized carbons (Fsp3) is 0.462. The Morgan fingerprint density at radius 1 is 1.09 bits per heavy atom. The molecular formula is C26H35N3O4Si. The number of carbonyl (C=O) groups excluding carboxylic acids is 2. The summed E-state index contributed by atoms with van der Waals surface area (Å²) in [5, 5.41) is 4.53. The number of fused-ring (bicyclic) bond motifs is 2. The minimum Gasteiger partial charge on any atom is -0.543 e. The molecule has 182 valence electrons. The van der Waals surface area contributed by atoms with Gasteiger partial charge in [0.15, 0.2) is 0 Å². The molecule has 2 atom stereocenters. The number of hydroxylamine groups is 2. The number of nitrogens with one attached hydrogen (secondary N) is 1. The summed E-state index contributed by atoms with van der Waals surface area (Å²) in [6.45, 7) is 11.8. The van der Waals surface area contributed by atoms with Gasteiger partial charge in [0.2, 0.25) is 14.2 Å². The highest BCUT2D eigenvalue weighted by Crippen LogP contribution is 2.38. The molecule has 0 radical (unpaired) electrons. The molecule has 2 aromatic rings. The average Bonchev–Trinajstić information content (AvgIpc) is 3.01. The van der Waals surface area contributed by atoms with Gasteiger partial charge in [0.25, 0.3) is 0 Å². The third-order valence-electron chi connectivity index (χ3n) is 7.12. The molecule has 2 aromatic carbocycles. The second-order valence-corrected chi connectivity index (χ2v) is 15.4. The molecule has 2 heterocycles. The summed E-state index contributed by atoms with van der Waals surface area (Å²) in [7, 11) is -1.99. The maximum absolute atomic E-state index is 13.1. The average molecular weight is 482 g/mol. The molecule has 7 nitrogen and oxygen atoms in total. The Bertz CT molecular complexity index is 1040. The van der Waals surface area contributed by atoms with Crippen LogP contribution < -0.4 is 9.74 Å². The predicted octanol–water partition coefficient (Wildman–Crippen LogP) is 5.41. The first kappa shape index (κ1) is 24.3. The van der Waals surface area contributed by atoms with Crippen LogP contribution in [0.5, 0.6) is 5.75 Å². The first-order chi connectivity index (χ1) is 16.0. The lowest BCUT2D eigenvalue weighted by molar-refractivity contribution is -0.140. The van der Waals surface area contributed by atoms with Crippen LogP contribution in [-0.2, 0) is 16.2 Å². The Morgan fingerprint density at radius 3 is 2.53 bits per heavy atom. The first-order valence-electron chi connectivity index (χ1n) is 11.9. The van der Waals surface area contributed by atoms with Crippen molar-refractivity contribution in [2.75, 3.05) is 11.9 Å². The minimum absolute atomic E-state index is 0.0263. The number of nitrogens with zero attached hydrogens (tertiary/aromatic N) is 2. The fourth-order valence-electron chi connectivity index (χ4n) is 4.10. The number of carbonyl (C=O) groups is 2. The van der Waals surface area contributed by atoms with E-state index in [-0.39, 0.29) is 23.0 Å². The van der Waals surface area contributed by atoms with Crippen molar-refractivity contribution in [3.05, 3.63) is 60.2 Å². The lowest BCUT2D eigenvalue weighted by Crippen LogP contribution is -2.47. The summed E-state index contributed by atoms with van der Waals surface area (Å²) in [5.74, 6) is 0.576. The van der Waals surface area contributed by atoms with Crippen molar-refractivity contribution in [1.82, 2.24) is 9.96 Å². The lowest BCUT2D eigenvalue weighted by Gasteiger charge is -2.36. The van der Waals surface area contributed by atoms with Crippen molar-refractivity contribution >= 4 is 25.9 Å². The van der Waals surface area contributed by atoms with Crippen LogP contribution in [0.15, 0.2) is 54.6 Å². The van der Waals surface area contributed by atoms with Crippen LogP contribution in [0.3, 0.4) is 0 Å². The number of rotatable bonds is 7. The van der Waals surface area contributed by atoms with Gasteiger partial charge >= 0.3 is 6.03 Å². The van der Waals surface area contributed by atoms with E-state index in [1.165, 1.54) is 5.06 Å². The number of piperidine rings is 1. The quantitative estimate of drug-likeness (QED) is 0.537. The second kappa shape index (κ2) is 9.42. The van der Waals surface area contributed by atoms with E-state index in [0.717, 1.165) is 17.7 Å². The molecule has 0 saturated carbocycles. The SMILES string of the molecule is CC(C)(C)[Si](C)(C)Oc1cccc(NC(=O)[C@@H]2CCC3CN2C(=O)N3OCc2ccccc2)c1. The Balaban J connectivity index is 1.39. The van der Waals surface area contributed by atoms with Gasteiger partial charge in [0.05, 0.1) is 6.04 Å². The molecule has 2 bridgehead atoms. The Labute approximate surface area is 203 Å². The molecule has 2 fully saturated rings. The zero-order valence-corrected chi connectivity index (χ0v) is 21.7. The Morgan fingerprint density at radius 2 is 1.82 bits per heavy atom. The van der Waals surface area contributed by atoms with Crippen LogP contribution in [0.4, 0.5) is 10.5 Å². The van der Waals surface area contributed by atoms with E-state index in [0.29, 0.717) is 25.3 Å². The van der Waals surface area contributed by atoms with E-state index in [2.05, 4.69) is 39.2 Å². The van der Waals surface area contributed by atoms with Crippen LogP contribution in [0.1, 0.15) is 39.2 Å². The molecule has 4 rings (SSSR count). The zero-order chi connectivity index (χ0) is 24.5. The van der Waals surface area contributed by atoms with E-state index in [4.69, 9.17) is 9.26 Å². The van der Waals surface area contributed by atoms with Gasteiger partial charge in [-0.2, -0.15) is 5.06 Å². The van der Waals surface area contributed by atoms with Gasteiger partial charge in [0.1, 0.15) is 18.4 Å². The highest BCUT2D eigenvalue weighted by atomic mass is 28.4. The van der Waals surface area contributed by atoms with Crippen LogP contribution in [0.25, 0.3) is 0 Å². The van der Waals surface area contributed by atoms with Crippen LogP contribution in [0.2, 0.25) is 18.1 Å². The van der Waals surface area contributed by atoms with Crippen molar-refractivity contribution in [1.29, 1.82) is 0 Å². The maximum Gasteiger partial charge on any atom is 0.345 e. The minimum atomic E-state index is -1.99. The Hall–Kier alpha value is -2.84. The number of urea groups is 1. The van der Waals surface area contributed by atoms with Gasteiger partial charge in [0, 0.05) is 18.3 Å². The highest BCUT2D eigenvalue weighted by molar-refractivity contribution is 6.74. The van der Waals surface area contributed by atoms with Crippen LogP contribution >= 0.6 is 0 Å². The summed E-state index contributed by atoms with van der Waals surface area (Å²) in [6.07, 6.45) is 1.33. The summed E-state index contributed by atoms with van der Waals surface area (Å²) in [6, 6.07) is 16.5. The second-order valence-electron chi connectivity index (χ2n) is 10.6. The maximum atomic E-state index is 13.1. The van der Waals surface area contributed by atoms with Crippen molar-refractivity contribution in [3.63, 3.8) is 0 Å². The molecule has 0 aromatic heterocycles. The normalized spacial score (nSPS) is 20.4. The molecule has 1 unspecified atom stereocenters. The van der Waals surface area contributed by atoms with Crippen molar-refractivity contribution in [2.45, 2.75) is 70.4 Å². The van der Waals surface area contributed by atoms with Gasteiger partial charge in [-0.25, -0.2) is 4.79 Å². The van der Waals surface area contributed by atoms with Gasteiger partial charge in [-0.3, -0.25) is 9.63 Å². The number of hydrogen-bond acceptors (Lipinski definition) is 4. The molecule has 0 spiro atoms.